The lowest BCUT2D eigenvalue weighted by molar-refractivity contribution is 0.0367. The van der Waals surface area contributed by atoms with Gasteiger partial charge in [0, 0.05) is 38.8 Å². The number of likely N-dealkylation sites (N-methyl/N-ethyl adjacent to an activating group) is 1. The summed E-state index contributed by atoms with van der Waals surface area (Å²) in [5, 5.41) is 13.7. The fraction of sp³-hybridized carbons (Fsp3) is 0.625. The first-order valence-electron chi connectivity index (χ1n) is 7.57. The molecule has 1 aliphatic heterocycles. The van der Waals surface area contributed by atoms with Gasteiger partial charge in [0.1, 0.15) is 5.82 Å². The average molecular weight is 295 g/mol. The number of benzene rings is 1. The summed E-state index contributed by atoms with van der Waals surface area (Å²) in [6.45, 7) is 4.11. The van der Waals surface area contributed by atoms with E-state index in [0.29, 0.717) is 13.1 Å². The Labute approximate surface area is 126 Å². The number of hydrogen-bond acceptors (Lipinski definition) is 4. The van der Waals surface area contributed by atoms with Crippen molar-refractivity contribution in [1.29, 1.82) is 0 Å². The molecule has 21 heavy (non-hydrogen) atoms. The molecule has 1 heterocycles. The second-order valence-electron chi connectivity index (χ2n) is 6.08. The van der Waals surface area contributed by atoms with Crippen molar-refractivity contribution in [2.75, 3.05) is 40.3 Å². The Morgan fingerprint density at radius 3 is 2.90 bits per heavy atom. The van der Waals surface area contributed by atoms with Crippen LogP contribution in [0, 0.1) is 5.82 Å². The molecular weight excluding hydrogens is 269 g/mol. The highest BCUT2D eigenvalue weighted by atomic mass is 19.1. The Balaban J connectivity index is 1.77. The van der Waals surface area contributed by atoms with E-state index >= 15 is 0 Å². The highest BCUT2D eigenvalue weighted by molar-refractivity contribution is 5.16. The summed E-state index contributed by atoms with van der Waals surface area (Å²) in [5.74, 6) is -0.201. The summed E-state index contributed by atoms with van der Waals surface area (Å²) in [5.41, 5.74) is 0.959. The maximum absolute atomic E-state index is 13.2. The minimum atomic E-state index is -0.366. The molecule has 1 aromatic carbocycles. The van der Waals surface area contributed by atoms with Crippen molar-refractivity contribution in [3.63, 3.8) is 0 Å². The third kappa shape index (κ3) is 5.36. The van der Waals surface area contributed by atoms with E-state index < -0.39 is 0 Å². The van der Waals surface area contributed by atoms with Crippen LogP contribution in [0.15, 0.2) is 24.3 Å². The SMILES string of the molecule is CN(C)CCN[C@@H]1CCN(Cc2cccc(F)c2)C[C@H]1O. The molecule has 5 heteroatoms. The first kappa shape index (κ1) is 16.4. The molecule has 2 atom stereocenters. The smallest absolute Gasteiger partial charge is 0.123 e. The maximum Gasteiger partial charge on any atom is 0.123 e. The van der Waals surface area contributed by atoms with Gasteiger partial charge in [-0.1, -0.05) is 12.1 Å². The molecular formula is C16H26FN3O. The van der Waals surface area contributed by atoms with Crippen molar-refractivity contribution in [1.82, 2.24) is 15.1 Å². The number of nitrogens with one attached hydrogen (secondary N) is 1. The molecule has 0 unspecified atom stereocenters. The lowest BCUT2D eigenvalue weighted by atomic mass is 10.0. The lowest BCUT2D eigenvalue weighted by Crippen LogP contribution is -2.53. The monoisotopic (exact) mass is 295 g/mol. The molecule has 0 amide bonds. The van der Waals surface area contributed by atoms with Crippen LogP contribution in [0.3, 0.4) is 0 Å². The van der Waals surface area contributed by atoms with Crippen LogP contribution in [0.4, 0.5) is 4.39 Å². The molecule has 1 aliphatic rings. The fourth-order valence-electron chi connectivity index (χ4n) is 2.75. The summed E-state index contributed by atoms with van der Waals surface area (Å²) < 4.78 is 13.2. The summed E-state index contributed by atoms with van der Waals surface area (Å²) in [6, 6.07) is 6.84. The average Bonchev–Trinajstić information content (AvgIpc) is 2.41. The predicted octanol–water partition coefficient (Wildman–Crippen LogP) is 0.912. The minimum Gasteiger partial charge on any atom is -0.390 e. The Hall–Kier alpha value is -1.01. The Morgan fingerprint density at radius 1 is 1.43 bits per heavy atom. The Morgan fingerprint density at radius 2 is 2.24 bits per heavy atom. The molecule has 118 valence electrons. The lowest BCUT2D eigenvalue weighted by Gasteiger charge is -2.36. The van der Waals surface area contributed by atoms with E-state index in [1.807, 2.05) is 20.2 Å². The van der Waals surface area contributed by atoms with Gasteiger partial charge in [0.2, 0.25) is 0 Å². The van der Waals surface area contributed by atoms with E-state index in [1.54, 1.807) is 12.1 Å². The molecule has 0 bridgehead atoms. The number of nitrogens with zero attached hydrogens (tertiary/aromatic N) is 2. The molecule has 4 nitrogen and oxygen atoms in total. The van der Waals surface area contributed by atoms with E-state index in [9.17, 15) is 9.50 Å². The molecule has 0 aromatic heterocycles. The minimum absolute atomic E-state index is 0.161. The second-order valence-corrected chi connectivity index (χ2v) is 6.08. The second kappa shape index (κ2) is 7.84. The number of aliphatic hydroxyl groups excluding tert-OH is 1. The molecule has 1 aromatic rings. The summed E-state index contributed by atoms with van der Waals surface area (Å²) in [4.78, 5) is 4.31. The number of piperidine rings is 1. The van der Waals surface area contributed by atoms with Crippen molar-refractivity contribution >= 4 is 0 Å². The third-order valence-corrected chi connectivity index (χ3v) is 3.93. The van der Waals surface area contributed by atoms with E-state index in [1.165, 1.54) is 6.07 Å². The maximum atomic E-state index is 13.2. The van der Waals surface area contributed by atoms with Gasteiger partial charge in [-0.25, -0.2) is 4.39 Å². The molecule has 2 rings (SSSR count). The zero-order valence-corrected chi connectivity index (χ0v) is 12.9. The fourth-order valence-corrected chi connectivity index (χ4v) is 2.75. The molecule has 0 spiro atoms. The van der Waals surface area contributed by atoms with Crippen LogP contribution in [0.25, 0.3) is 0 Å². The molecule has 0 radical (unpaired) electrons. The topological polar surface area (TPSA) is 38.7 Å². The van der Waals surface area contributed by atoms with Crippen molar-refractivity contribution in [2.24, 2.45) is 0 Å². The molecule has 1 fully saturated rings. The van der Waals surface area contributed by atoms with Crippen LogP contribution in [-0.2, 0) is 6.54 Å². The van der Waals surface area contributed by atoms with E-state index in [4.69, 9.17) is 0 Å². The molecule has 0 aliphatic carbocycles. The van der Waals surface area contributed by atoms with Gasteiger partial charge in [-0.2, -0.15) is 0 Å². The van der Waals surface area contributed by atoms with Gasteiger partial charge in [0.25, 0.3) is 0 Å². The van der Waals surface area contributed by atoms with Crippen LogP contribution in [0.2, 0.25) is 0 Å². The zero-order valence-electron chi connectivity index (χ0n) is 12.9. The first-order valence-corrected chi connectivity index (χ1v) is 7.57. The highest BCUT2D eigenvalue weighted by Crippen LogP contribution is 2.15. The van der Waals surface area contributed by atoms with Crippen LogP contribution in [0.5, 0.6) is 0 Å². The van der Waals surface area contributed by atoms with Crippen LogP contribution in [-0.4, -0.2) is 67.3 Å². The zero-order chi connectivity index (χ0) is 15.2. The van der Waals surface area contributed by atoms with E-state index in [-0.39, 0.29) is 18.0 Å². The van der Waals surface area contributed by atoms with Gasteiger partial charge in [-0.15, -0.1) is 0 Å². The number of hydrogen-bond donors (Lipinski definition) is 2. The standard InChI is InChI=1S/C16H26FN3O/c1-19(2)9-7-18-15-6-8-20(12-16(15)21)11-13-4-3-5-14(17)10-13/h3-5,10,15-16,18,21H,6-9,11-12H2,1-2H3/t15-,16-/m1/s1. The van der Waals surface area contributed by atoms with Crippen LogP contribution < -0.4 is 5.32 Å². The van der Waals surface area contributed by atoms with Gasteiger partial charge in [-0.3, -0.25) is 4.90 Å². The summed E-state index contributed by atoms with van der Waals surface area (Å²) in [7, 11) is 4.08. The molecule has 2 N–H and O–H groups in total. The predicted molar refractivity (Wildman–Crippen MR) is 82.6 cm³/mol. The third-order valence-electron chi connectivity index (χ3n) is 3.93. The van der Waals surface area contributed by atoms with Gasteiger partial charge in [0.05, 0.1) is 6.10 Å². The number of likely N-dealkylation sites (tertiary alicyclic amines) is 1. The van der Waals surface area contributed by atoms with Crippen molar-refractivity contribution in [2.45, 2.75) is 25.1 Å². The van der Waals surface area contributed by atoms with Gasteiger partial charge < -0.3 is 15.3 Å². The Bertz CT molecular complexity index is 441. The van der Waals surface area contributed by atoms with Crippen molar-refractivity contribution in [3.8, 4) is 0 Å². The Kier molecular flexibility index (Phi) is 6.11. The quantitative estimate of drug-likeness (QED) is 0.818. The normalized spacial score (nSPS) is 23.7. The largest absolute Gasteiger partial charge is 0.390 e. The molecule has 1 saturated heterocycles. The number of β-amino-alcohol motifs (C(OH)–C–C–N with tert-alkyl or cyclic N) is 1. The summed E-state index contributed by atoms with van der Waals surface area (Å²) >= 11 is 0. The van der Waals surface area contributed by atoms with Gasteiger partial charge >= 0.3 is 0 Å². The van der Waals surface area contributed by atoms with Gasteiger partial charge in [0.15, 0.2) is 0 Å². The number of aliphatic hydroxyl groups is 1. The van der Waals surface area contributed by atoms with Crippen molar-refractivity contribution < 1.29 is 9.50 Å². The molecule has 0 saturated carbocycles. The van der Waals surface area contributed by atoms with Crippen molar-refractivity contribution in [3.05, 3.63) is 35.6 Å². The number of rotatable bonds is 6. The van der Waals surface area contributed by atoms with Gasteiger partial charge in [-0.05, 0) is 38.2 Å². The van der Waals surface area contributed by atoms with E-state index in [2.05, 4.69) is 15.1 Å². The summed E-state index contributed by atoms with van der Waals surface area (Å²) in [6.07, 6.45) is 0.554. The number of halogens is 1. The highest BCUT2D eigenvalue weighted by Gasteiger charge is 2.27. The van der Waals surface area contributed by atoms with Crippen LogP contribution >= 0.6 is 0 Å². The van der Waals surface area contributed by atoms with Crippen LogP contribution in [0.1, 0.15) is 12.0 Å². The van der Waals surface area contributed by atoms with E-state index in [0.717, 1.165) is 31.6 Å². The first-order chi connectivity index (χ1) is 10.0.